The maximum Gasteiger partial charge on any atom is 0.259 e. The van der Waals surface area contributed by atoms with Crippen LogP contribution in [0.15, 0.2) is 29.2 Å². The third-order valence-electron chi connectivity index (χ3n) is 4.88. The van der Waals surface area contributed by atoms with Gasteiger partial charge in [0.2, 0.25) is 0 Å². The molecule has 4 aromatic heterocycles. The summed E-state index contributed by atoms with van der Waals surface area (Å²) in [6.07, 6.45) is 6.21. The Morgan fingerprint density at radius 3 is 2.66 bits per heavy atom. The summed E-state index contributed by atoms with van der Waals surface area (Å²) < 4.78 is 8.82. The van der Waals surface area contributed by atoms with Crippen molar-refractivity contribution in [2.24, 2.45) is 14.1 Å². The molecule has 0 saturated heterocycles. The van der Waals surface area contributed by atoms with Crippen LogP contribution in [-0.2, 0) is 20.5 Å². The molecule has 0 spiro atoms. The number of hydrogen-bond acceptors (Lipinski definition) is 6. The molecule has 0 aliphatic rings. The van der Waals surface area contributed by atoms with Crippen molar-refractivity contribution in [3.05, 3.63) is 47.2 Å². The predicted molar refractivity (Wildman–Crippen MR) is 107 cm³/mol. The lowest BCUT2D eigenvalue weighted by atomic mass is 10.0. The lowest BCUT2D eigenvalue weighted by Gasteiger charge is -2.14. The average Bonchev–Trinajstić information content (AvgIpc) is 3.34. The zero-order valence-corrected chi connectivity index (χ0v) is 17.1. The highest BCUT2D eigenvalue weighted by molar-refractivity contribution is 6.07. The van der Waals surface area contributed by atoms with Gasteiger partial charge in [-0.2, -0.15) is 10.2 Å². The van der Waals surface area contributed by atoms with Crippen molar-refractivity contribution < 1.29 is 9.32 Å². The van der Waals surface area contributed by atoms with Gasteiger partial charge in [0.1, 0.15) is 0 Å². The zero-order chi connectivity index (χ0) is 20.7. The van der Waals surface area contributed by atoms with Gasteiger partial charge in [-0.15, -0.1) is 0 Å². The molecule has 1 atom stereocenters. The van der Waals surface area contributed by atoms with Gasteiger partial charge in [-0.1, -0.05) is 5.16 Å². The molecule has 4 aromatic rings. The van der Waals surface area contributed by atoms with Crippen LogP contribution in [0.4, 0.5) is 0 Å². The van der Waals surface area contributed by atoms with Gasteiger partial charge in [0.05, 0.1) is 34.2 Å². The van der Waals surface area contributed by atoms with Gasteiger partial charge >= 0.3 is 0 Å². The highest BCUT2D eigenvalue weighted by Gasteiger charge is 2.21. The molecular formula is C20H23N7O2. The summed E-state index contributed by atoms with van der Waals surface area (Å²) >= 11 is 0. The molecule has 4 rings (SSSR count). The highest BCUT2D eigenvalue weighted by atomic mass is 16.5. The molecule has 150 valence electrons. The van der Waals surface area contributed by atoms with E-state index in [0.29, 0.717) is 34.5 Å². The van der Waals surface area contributed by atoms with Gasteiger partial charge in [0.25, 0.3) is 11.6 Å². The summed E-state index contributed by atoms with van der Waals surface area (Å²) in [5.41, 5.74) is 4.95. The summed E-state index contributed by atoms with van der Waals surface area (Å²) in [7, 11) is 3.72. The number of carbonyl (C=O) groups is 1. The zero-order valence-electron chi connectivity index (χ0n) is 17.1. The molecule has 29 heavy (non-hydrogen) atoms. The van der Waals surface area contributed by atoms with E-state index < -0.39 is 0 Å². The van der Waals surface area contributed by atoms with Crippen LogP contribution in [0.5, 0.6) is 0 Å². The first-order valence-electron chi connectivity index (χ1n) is 9.38. The van der Waals surface area contributed by atoms with E-state index in [4.69, 9.17) is 4.52 Å². The Labute approximate surface area is 167 Å². The monoisotopic (exact) mass is 393 g/mol. The molecule has 1 amide bonds. The Morgan fingerprint density at radius 1 is 1.21 bits per heavy atom. The van der Waals surface area contributed by atoms with Crippen LogP contribution in [0.3, 0.4) is 0 Å². The van der Waals surface area contributed by atoms with E-state index >= 15 is 0 Å². The fraction of sp³-hybridized carbons (Fsp3) is 0.350. The predicted octanol–water partition coefficient (Wildman–Crippen LogP) is 2.33. The highest BCUT2D eigenvalue weighted by Crippen LogP contribution is 2.27. The maximum atomic E-state index is 13.1. The molecule has 9 nitrogen and oxygen atoms in total. The van der Waals surface area contributed by atoms with E-state index in [0.717, 1.165) is 16.8 Å². The average molecular weight is 393 g/mol. The largest absolute Gasteiger partial charge is 0.349 e. The Balaban J connectivity index is 1.65. The second kappa shape index (κ2) is 7.16. The first kappa shape index (κ1) is 18.9. The second-order valence-corrected chi connectivity index (χ2v) is 7.40. The first-order chi connectivity index (χ1) is 13.8. The number of hydrogen-bond donors (Lipinski definition) is 1. The standard InChI is InChI=1S/C20H23N7O2/c1-11(6-14-9-27(5)24-12(14)2)22-19(28)16-7-17(15-8-21-26(4)10-15)23-20-18(16)13(3)25-29-20/h7-11H,6H2,1-5H3,(H,22,28). The summed E-state index contributed by atoms with van der Waals surface area (Å²) in [6.45, 7) is 5.75. The fourth-order valence-corrected chi connectivity index (χ4v) is 3.51. The number of fused-ring (bicyclic) bond motifs is 1. The molecule has 0 radical (unpaired) electrons. The van der Waals surface area contributed by atoms with E-state index in [-0.39, 0.29) is 11.9 Å². The van der Waals surface area contributed by atoms with Crippen molar-refractivity contribution in [3.63, 3.8) is 0 Å². The normalized spacial score (nSPS) is 12.4. The summed E-state index contributed by atoms with van der Waals surface area (Å²) in [5, 5.41) is 16.2. The number of nitrogens with zero attached hydrogens (tertiary/aromatic N) is 6. The van der Waals surface area contributed by atoms with Crippen molar-refractivity contribution in [3.8, 4) is 11.3 Å². The lowest BCUT2D eigenvalue weighted by Crippen LogP contribution is -2.34. The molecule has 0 aliphatic heterocycles. The molecule has 0 aromatic carbocycles. The summed E-state index contributed by atoms with van der Waals surface area (Å²) in [5.74, 6) is -0.192. The van der Waals surface area contributed by atoms with E-state index in [1.807, 2.05) is 40.3 Å². The Bertz CT molecular complexity index is 1200. The molecule has 1 unspecified atom stereocenters. The first-order valence-corrected chi connectivity index (χ1v) is 9.38. The van der Waals surface area contributed by atoms with Crippen molar-refractivity contribution in [2.45, 2.75) is 33.2 Å². The quantitative estimate of drug-likeness (QED) is 0.558. The lowest BCUT2D eigenvalue weighted by molar-refractivity contribution is 0.0941. The third-order valence-corrected chi connectivity index (χ3v) is 4.88. The number of amides is 1. The number of aryl methyl sites for hydroxylation is 4. The maximum absolute atomic E-state index is 13.1. The van der Waals surface area contributed by atoms with Gasteiger partial charge in [0, 0.05) is 38.1 Å². The Hall–Kier alpha value is -3.49. The molecule has 0 saturated carbocycles. The second-order valence-electron chi connectivity index (χ2n) is 7.40. The van der Waals surface area contributed by atoms with Crippen LogP contribution in [0.1, 0.15) is 34.2 Å². The number of nitrogens with one attached hydrogen (secondary N) is 1. The molecule has 0 bridgehead atoms. The van der Waals surface area contributed by atoms with Crippen LogP contribution in [0, 0.1) is 13.8 Å². The topological polar surface area (TPSA) is 104 Å². The van der Waals surface area contributed by atoms with Crippen LogP contribution in [0.2, 0.25) is 0 Å². The summed E-state index contributed by atoms with van der Waals surface area (Å²) in [4.78, 5) is 17.6. The van der Waals surface area contributed by atoms with E-state index in [1.54, 1.807) is 28.6 Å². The third kappa shape index (κ3) is 3.63. The van der Waals surface area contributed by atoms with Gasteiger partial charge in [0.15, 0.2) is 0 Å². The van der Waals surface area contributed by atoms with Gasteiger partial charge in [-0.05, 0) is 38.8 Å². The van der Waals surface area contributed by atoms with E-state index in [1.165, 1.54) is 0 Å². The van der Waals surface area contributed by atoms with Crippen LogP contribution >= 0.6 is 0 Å². The smallest absolute Gasteiger partial charge is 0.259 e. The SMILES string of the molecule is Cc1nn(C)cc1CC(C)NC(=O)c1cc(-c2cnn(C)c2)nc2onc(C)c12. The van der Waals surface area contributed by atoms with Crippen molar-refractivity contribution in [1.82, 2.24) is 35.0 Å². The van der Waals surface area contributed by atoms with Crippen LogP contribution in [0.25, 0.3) is 22.4 Å². The Morgan fingerprint density at radius 2 is 2.00 bits per heavy atom. The summed E-state index contributed by atoms with van der Waals surface area (Å²) in [6, 6.07) is 1.69. The van der Waals surface area contributed by atoms with Gasteiger partial charge in [-0.25, -0.2) is 4.98 Å². The van der Waals surface area contributed by atoms with Crippen molar-refractivity contribution in [2.75, 3.05) is 0 Å². The minimum Gasteiger partial charge on any atom is -0.349 e. The Kier molecular flexibility index (Phi) is 4.65. The van der Waals surface area contributed by atoms with Crippen molar-refractivity contribution >= 4 is 17.0 Å². The van der Waals surface area contributed by atoms with Crippen LogP contribution < -0.4 is 5.32 Å². The number of carbonyl (C=O) groups excluding carboxylic acids is 1. The van der Waals surface area contributed by atoms with E-state index in [2.05, 4.69) is 25.7 Å². The number of aromatic nitrogens is 6. The van der Waals surface area contributed by atoms with Crippen LogP contribution in [-0.4, -0.2) is 41.7 Å². The van der Waals surface area contributed by atoms with Crippen molar-refractivity contribution in [1.29, 1.82) is 0 Å². The molecule has 0 aliphatic carbocycles. The minimum absolute atomic E-state index is 0.0735. The molecule has 4 heterocycles. The molecule has 0 fully saturated rings. The molecule has 9 heteroatoms. The van der Waals surface area contributed by atoms with Gasteiger partial charge < -0.3 is 9.84 Å². The number of pyridine rings is 1. The van der Waals surface area contributed by atoms with E-state index in [9.17, 15) is 4.79 Å². The fourth-order valence-electron chi connectivity index (χ4n) is 3.51. The van der Waals surface area contributed by atoms with Gasteiger partial charge in [-0.3, -0.25) is 14.2 Å². The number of rotatable bonds is 5. The minimum atomic E-state index is -0.192. The molecule has 1 N–H and O–H groups in total. The molecular weight excluding hydrogens is 370 g/mol.